The first-order chi connectivity index (χ1) is 3.79. The van der Waals surface area contributed by atoms with Crippen LogP contribution in [0.5, 0.6) is 0 Å². The Balaban J connectivity index is 2.59. The van der Waals surface area contributed by atoms with Crippen molar-refractivity contribution in [2.45, 2.75) is 6.17 Å². The second kappa shape index (κ2) is 2.05. The summed E-state index contributed by atoms with van der Waals surface area (Å²) in [6, 6.07) is 0. The number of rotatable bonds is 0. The van der Waals surface area contributed by atoms with Crippen molar-refractivity contribution in [3.63, 3.8) is 0 Å². The van der Waals surface area contributed by atoms with Crippen LogP contribution < -0.4 is 11.1 Å². The Hall–Kier alpha value is -0.695. The van der Waals surface area contributed by atoms with Gasteiger partial charge in [-0.15, -0.1) is 0 Å². The van der Waals surface area contributed by atoms with E-state index in [4.69, 9.17) is 13.6 Å². The summed E-state index contributed by atoms with van der Waals surface area (Å²) in [5.74, 6) is 0. The summed E-state index contributed by atoms with van der Waals surface area (Å²) in [6.07, 6.45) is 5.32. The highest BCUT2D eigenvalue weighted by atomic mass is 15.0. The zero-order valence-corrected chi connectivity index (χ0v) is 4.46. The number of nitrogens with two attached hydrogens (primary N) is 1. The molecule has 2 nitrogen and oxygen atoms in total. The first-order valence-electron chi connectivity index (χ1n) is 2.45. The molecule has 1 unspecified atom stereocenters. The summed E-state index contributed by atoms with van der Waals surface area (Å²) < 4.78 is 0. The molecular weight excluding hydrogens is 98.9 g/mol. The van der Waals surface area contributed by atoms with Crippen LogP contribution in [-0.2, 0) is 0 Å². The molecule has 0 amide bonds. The van der Waals surface area contributed by atoms with Crippen LogP contribution in [0.4, 0.5) is 0 Å². The van der Waals surface area contributed by atoms with Crippen LogP contribution in [0.1, 0.15) is 0 Å². The van der Waals surface area contributed by atoms with E-state index in [1.54, 1.807) is 6.08 Å². The van der Waals surface area contributed by atoms with Crippen molar-refractivity contribution in [3.05, 3.63) is 23.8 Å². The molecule has 0 aromatic heterocycles. The first-order valence-corrected chi connectivity index (χ1v) is 2.45. The minimum Gasteiger partial charge on any atom is -0.380 e. The Bertz CT molecular complexity index is 139. The molecule has 2 radical (unpaired) electrons. The van der Waals surface area contributed by atoms with E-state index in [0.29, 0.717) is 5.60 Å². The third-order valence-corrected chi connectivity index (χ3v) is 0.928. The SMILES string of the molecule is [B]C1=CC=CC(N)N1. The summed E-state index contributed by atoms with van der Waals surface area (Å²) >= 11 is 0. The van der Waals surface area contributed by atoms with Gasteiger partial charge < -0.3 is 11.1 Å². The molecule has 3 heteroatoms. The van der Waals surface area contributed by atoms with Crippen LogP contribution >= 0.6 is 0 Å². The quantitative estimate of drug-likeness (QED) is 0.406. The van der Waals surface area contributed by atoms with E-state index in [1.807, 2.05) is 12.2 Å². The van der Waals surface area contributed by atoms with Gasteiger partial charge in [0.1, 0.15) is 7.85 Å². The normalized spacial score (nSPS) is 26.6. The molecule has 1 aliphatic heterocycles. The Kier molecular flexibility index (Phi) is 1.39. The van der Waals surface area contributed by atoms with Crippen LogP contribution in [0.25, 0.3) is 0 Å². The van der Waals surface area contributed by atoms with Crippen molar-refractivity contribution < 1.29 is 0 Å². The number of hydrogen-bond donors (Lipinski definition) is 2. The van der Waals surface area contributed by atoms with Gasteiger partial charge in [0.15, 0.2) is 0 Å². The van der Waals surface area contributed by atoms with Gasteiger partial charge in [-0.05, 0) is 11.7 Å². The van der Waals surface area contributed by atoms with Crippen LogP contribution in [0.2, 0.25) is 0 Å². The van der Waals surface area contributed by atoms with Crippen LogP contribution in [0.15, 0.2) is 23.8 Å². The molecule has 1 atom stereocenters. The Labute approximate surface area is 49.9 Å². The fourth-order valence-corrected chi connectivity index (χ4v) is 0.568. The molecule has 3 N–H and O–H groups in total. The maximum Gasteiger partial charge on any atom is 0.137 e. The molecule has 1 aliphatic rings. The van der Waals surface area contributed by atoms with Gasteiger partial charge in [0.2, 0.25) is 0 Å². The van der Waals surface area contributed by atoms with E-state index in [-0.39, 0.29) is 6.17 Å². The maximum absolute atomic E-state index is 5.41. The van der Waals surface area contributed by atoms with Crippen LogP contribution in [0.3, 0.4) is 0 Å². The molecule has 0 fully saturated rings. The number of allylic oxidation sites excluding steroid dienone is 2. The van der Waals surface area contributed by atoms with Gasteiger partial charge in [-0.3, -0.25) is 0 Å². The highest BCUT2D eigenvalue weighted by molar-refractivity contribution is 6.21. The van der Waals surface area contributed by atoms with E-state index < -0.39 is 0 Å². The minimum absolute atomic E-state index is 0.111. The van der Waals surface area contributed by atoms with Gasteiger partial charge in [0, 0.05) is 0 Å². The minimum atomic E-state index is -0.111. The number of dihydropyridines is 1. The molecule has 1 rings (SSSR count). The monoisotopic (exact) mass is 106 g/mol. The number of hydrogen-bond acceptors (Lipinski definition) is 2. The van der Waals surface area contributed by atoms with Crippen molar-refractivity contribution in [1.29, 1.82) is 0 Å². The maximum atomic E-state index is 5.41. The second-order valence-corrected chi connectivity index (χ2v) is 1.68. The summed E-state index contributed by atoms with van der Waals surface area (Å²) in [5.41, 5.74) is 6.03. The summed E-state index contributed by atoms with van der Waals surface area (Å²) in [6.45, 7) is 0. The van der Waals surface area contributed by atoms with Crippen molar-refractivity contribution in [3.8, 4) is 0 Å². The lowest BCUT2D eigenvalue weighted by atomic mass is 10.0. The van der Waals surface area contributed by atoms with E-state index in [0.717, 1.165) is 0 Å². The molecule has 0 aliphatic carbocycles. The highest BCUT2D eigenvalue weighted by Gasteiger charge is 1.96. The van der Waals surface area contributed by atoms with Crippen molar-refractivity contribution in [2.24, 2.45) is 5.73 Å². The third kappa shape index (κ3) is 1.14. The predicted octanol–water partition coefficient (Wildman–Crippen LogP) is -0.560. The standard InChI is InChI=1S/C5H7BN2/c6-4-2-1-3-5(7)8-4/h1-3,5,8H,7H2. The van der Waals surface area contributed by atoms with Crippen molar-refractivity contribution in [2.75, 3.05) is 0 Å². The van der Waals surface area contributed by atoms with E-state index >= 15 is 0 Å². The van der Waals surface area contributed by atoms with Gasteiger partial charge in [-0.25, -0.2) is 0 Å². The van der Waals surface area contributed by atoms with Crippen LogP contribution in [-0.4, -0.2) is 14.0 Å². The lowest BCUT2D eigenvalue weighted by Crippen LogP contribution is -2.36. The summed E-state index contributed by atoms with van der Waals surface area (Å²) in [4.78, 5) is 0. The average Bonchev–Trinajstić information content (AvgIpc) is 1.64. The van der Waals surface area contributed by atoms with Crippen molar-refractivity contribution in [1.82, 2.24) is 5.32 Å². The van der Waals surface area contributed by atoms with Gasteiger partial charge in [-0.2, -0.15) is 0 Å². The largest absolute Gasteiger partial charge is 0.380 e. The molecule has 0 spiro atoms. The van der Waals surface area contributed by atoms with Gasteiger partial charge >= 0.3 is 0 Å². The second-order valence-electron chi connectivity index (χ2n) is 1.68. The lowest BCUT2D eigenvalue weighted by molar-refractivity contribution is 0.716. The molecule has 0 bridgehead atoms. The lowest BCUT2D eigenvalue weighted by Gasteiger charge is -2.14. The molecule has 0 saturated heterocycles. The Morgan fingerprint density at radius 3 is 2.88 bits per heavy atom. The molecule has 0 aromatic carbocycles. The Morgan fingerprint density at radius 1 is 1.75 bits per heavy atom. The van der Waals surface area contributed by atoms with E-state index in [1.165, 1.54) is 0 Å². The van der Waals surface area contributed by atoms with Crippen LogP contribution in [0, 0.1) is 0 Å². The summed E-state index contributed by atoms with van der Waals surface area (Å²) in [7, 11) is 5.34. The molecule has 0 saturated carbocycles. The molecule has 0 aromatic rings. The highest BCUT2D eigenvalue weighted by Crippen LogP contribution is 1.92. The zero-order chi connectivity index (χ0) is 5.98. The fourth-order valence-electron chi connectivity index (χ4n) is 0.568. The molecular formula is C5H7BN2. The third-order valence-electron chi connectivity index (χ3n) is 0.928. The zero-order valence-electron chi connectivity index (χ0n) is 4.46. The first kappa shape index (κ1) is 5.44. The number of nitrogens with one attached hydrogen (secondary N) is 1. The van der Waals surface area contributed by atoms with Gasteiger partial charge in [-0.1, -0.05) is 12.2 Å². The topological polar surface area (TPSA) is 38.0 Å². The molecule has 8 heavy (non-hydrogen) atoms. The van der Waals surface area contributed by atoms with Gasteiger partial charge in [0.05, 0.1) is 6.17 Å². The predicted molar refractivity (Wildman–Crippen MR) is 34.1 cm³/mol. The van der Waals surface area contributed by atoms with Crippen molar-refractivity contribution >= 4 is 7.85 Å². The smallest absolute Gasteiger partial charge is 0.137 e. The molecule has 40 valence electrons. The van der Waals surface area contributed by atoms with E-state index in [2.05, 4.69) is 5.32 Å². The average molecular weight is 106 g/mol. The van der Waals surface area contributed by atoms with E-state index in [9.17, 15) is 0 Å². The summed E-state index contributed by atoms with van der Waals surface area (Å²) in [5, 5.41) is 2.81. The van der Waals surface area contributed by atoms with Gasteiger partial charge in [0.25, 0.3) is 0 Å². The molecule has 1 heterocycles. The fraction of sp³-hybridized carbons (Fsp3) is 0.200. The Morgan fingerprint density at radius 2 is 2.50 bits per heavy atom.